The molecule has 0 amide bonds. The summed E-state index contributed by atoms with van der Waals surface area (Å²) in [6.07, 6.45) is 2.00. The number of nitrogens with zero attached hydrogens (tertiary/aromatic N) is 2. The lowest BCUT2D eigenvalue weighted by Gasteiger charge is -2.20. The average molecular weight is 336 g/mol. The third kappa shape index (κ3) is 3.29. The first-order valence-electron chi connectivity index (χ1n) is 5.18. The molecule has 0 bridgehead atoms. The quantitative estimate of drug-likeness (QED) is 0.375. The highest BCUT2D eigenvalue weighted by molar-refractivity contribution is 9.10. The predicted molar refractivity (Wildman–Crippen MR) is 78.3 cm³/mol. The fraction of sp³-hybridized carbons (Fsp3) is 0.364. The van der Waals surface area contributed by atoms with Crippen LogP contribution in [0.25, 0.3) is 0 Å². The largest absolute Gasteiger partial charge is 0.409 e. The Bertz CT molecular complexity index is 456. The fourth-order valence-electron chi connectivity index (χ4n) is 1.43. The molecule has 0 fully saturated rings. The van der Waals surface area contributed by atoms with Crippen LogP contribution < -0.4 is 10.6 Å². The van der Waals surface area contributed by atoms with Gasteiger partial charge in [-0.1, -0.05) is 5.16 Å². The molecule has 0 spiro atoms. The highest BCUT2D eigenvalue weighted by atomic mass is 79.9. The number of hydrogen-bond donors (Lipinski definition) is 2. The van der Waals surface area contributed by atoms with E-state index in [0.29, 0.717) is 11.3 Å². The Balaban J connectivity index is 3.08. The maximum Gasteiger partial charge on any atom is 0.171 e. The minimum atomic E-state index is -0.414. The number of benzene rings is 1. The van der Waals surface area contributed by atoms with Crippen LogP contribution in [0.5, 0.6) is 0 Å². The molecule has 0 radical (unpaired) electrons. The number of halogens is 2. The molecule has 18 heavy (non-hydrogen) atoms. The van der Waals surface area contributed by atoms with Crippen LogP contribution in [0.3, 0.4) is 0 Å². The number of hydrogen-bond acceptors (Lipinski definition) is 4. The second-order valence-corrected chi connectivity index (χ2v) is 5.44. The van der Waals surface area contributed by atoms with E-state index in [1.807, 2.05) is 18.2 Å². The molecule has 0 heterocycles. The molecular formula is C11H15BrFN3OS. The third-order valence-electron chi connectivity index (χ3n) is 2.49. The molecule has 1 rings (SSSR count). The standard InChI is InChI=1S/C11H15BrFN3OS/c1-16(5-6-18-2)8-4-3-7(11(14)15-17)9(12)10(8)13/h3-4,17H,5-6H2,1-2H3,(H2,14,15). The van der Waals surface area contributed by atoms with Crippen LogP contribution in [0.2, 0.25) is 0 Å². The summed E-state index contributed by atoms with van der Waals surface area (Å²) in [5.74, 6) is 0.372. The van der Waals surface area contributed by atoms with E-state index in [1.54, 1.807) is 23.9 Å². The molecule has 1 aromatic rings. The smallest absolute Gasteiger partial charge is 0.171 e. The first-order chi connectivity index (χ1) is 8.52. The van der Waals surface area contributed by atoms with Gasteiger partial charge in [0.15, 0.2) is 11.7 Å². The van der Waals surface area contributed by atoms with Crippen LogP contribution in [0.1, 0.15) is 5.56 Å². The Kier molecular flexibility index (Phi) is 5.74. The van der Waals surface area contributed by atoms with Crippen LogP contribution in [-0.4, -0.2) is 36.6 Å². The molecule has 0 atom stereocenters. The summed E-state index contributed by atoms with van der Waals surface area (Å²) in [5, 5.41) is 11.5. The number of amidine groups is 1. The minimum absolute atomic E-state index is 0.126. The summed E-state index contributed by atoms with van der Waals surface area (Å²) in [6, 6.07) is 3.24. The number of nitrogens with two attached hydrogens (primary N) is 1. The van der Waals surface area contributed by atoms with Crippen molar-refractivity contribution in [2.75, 3.05) is 30.5 Å². The fourth-order valence-corrected chi connectivity index (χ4v) is 2.43. The third-order valence-corrected chi connectivity index (χ3v) is 3.85. The summed E-state index contributed by atoms with van der Waals surface area (Å²) in [5.41, 5.74) is 6.26. The maximum atomic E-state index is 14.1. The lowest BCUT2D eigenvalue weighted by Crippen LogP contribution is -2.22. The van der Waals surface area contributed by atoms with Gasteiger partial charge in [-0.3, -0.25) is 0 Å². The van der Waals surface area contributed by atoms with E-state index < -0.39 is 5.82 Å². The van der Waals surface area contributed by atoms with Gasteiger partial charge in [0.1, 0.15) is 0 Å². The van der Waals surface area contributed by atoms with Gasteiger partial charge in [0.05, 0.1) is 10.2 Å². The van der Waals surface area contributed by atoms with Crippen LogP contribution in [0.4, 0.5) is 10.1 Å². The van der Waals surface area contributed by atoms with E-state index in [9.17, 15) is 4.39 Å². The van der Waals surface area contributed by atoms with Gasteiger partial charge in [0, 0.05) is 24.9 Å². The van der Waals surface area contributed by atoms with E-state index in [4.69, 9.17) is 10.9 Å². The molecule has 0 saturated heterocycles. The zero-order valence-corrected chi connectivity index (χ0v) is 12.6. The summed E-state index contributed by atoms with van der Waals surface area (Å²) < 4.78 is 14.3. The van der Waals surface area contributed by atoms with E-state index in [0.717, 1.165) is 12.3 Å². The van der Waals surface area contributed by atoms with Gasteiger partial charge in [-0.05, 0) is 34.3 Å². The van der Waals surface area contributed by atoms with E-state index >= 15 is 0 Å². The molecule has 0 aliphatic rings. The van der Waals surface area contributed by atoms with Crippen molar-refractivity contribution in [1.29, 1.82) is 0 Å². The summed E-state index contributed by atoms with van der Waals surface area (Å²) in [7, 11) is 1.82. The molecule has 7 heteroatoms. The van der Waals surface area contributed by atoms with Gasteiger partial charge in [-0.25, -0.2) is 4.39 Å². The minimum Gasteiger partial charge on any atom is -0.409 e. The second kappa shape index (κ2) is 6.84. The molecular weight excluding hydrogens is 321 g/mol. The molecule has 0 aromatic heterocycles. The normalized spacial score (nSPS) is 11.7. The van der Waals surface area contributed by atoms with Gasteiger partial charge < -0.3 is 15.8 Å². The number of anilines is 1. The molecule has 0 aliphatic heterocycles. The SMILES string of the molecule is CSCCN(C)c1ccc(/C(N)=N/O)c(Br)c1F. The van der Waals surface area contributed by atoms with E-state index in [1.165, 1.54) is 0 Å². The lowest BCUT2D eigenvalue weighted by molar-refractivity contribution is 0.318. The first kappa shape index (κ1) is 15.1. The van der Waals surface area contributed by atoms with Crippen LogP contribution in [0.15, 0.2) is 21.8 Å². The Morgan fingerprint density at radius 3 is 2.83 bits per heavy atom. The molecule has 3 N–H and O–H groups in total. The van der Waals surface area contributed by atoms with Crippen molar-refractivity contribution in [3.63, 3.8) is 0 Å². The van der Waals surface area contributed by atoms with Crippen LogP contribution in [-0.2, 0) is 0 Å². The predicted octanol–water partition coefficient (Wildman–Crippen LogP) is 2.48. The maximum absolute atomic E-state index is 14.1. The monoisotopic (exact) mass is 335 g/mol. The molecule has 0 unspecified atom stereocenters. The van der Waals surface area contributed by atoms with Gasteiger partial charge in [-0.15, -0.1) is 0 Å². The zero-order chi connectivity index (χ0) is 13.7. The van der Waals surface area contributed by atoms with Gasteiger partial charge in [0.25, 0.3) is 0 Å². The molecule has 1 aromatic carbocycles. The van der Waals surface area contributed by atoms with Crippen molar-refractivity contribution in [3.8, 4) is 0 Å². The molecule has 0 saturated carbocycles. The van der Waals surface area contributed by atoms with Crippen molar-refractivity contribution in [2.45, 2.75) is 0 Å². The highest BCUT2D eigenvalue weighted by Gasteiger charge is 2.16. The Labute approximate surface area is 118 Å². The van der Waals surface area contributed by atoms with Crippen molar-refractivity contribution in [1.82, 2.24) is 0 Å². The average Bonchev–Trinajstić information content (AvgIpc) is 2.38. The highest BCUT2D eigenvalue weighted by Crippen LogP contribution is 2.29. The molecule has 0 aliphatic carbocycles. The van der Waals surface area contributed by atoms with Crippen molar-refractivity contribution >= 4 is 39.2 Å². The van der Waals surface area contributed by atoms with Crippen molar-refractivity contribution in [2.24, 2.45) is 10.9 Å². The number of thioether (sulfide) groups is 1. The lowest BCUT2D eigenvalue weighted by atomic mass is 10.1. The number of rotatable bonds is 5. The van der Waals surface area contributed by atoms with E-state index in [2.05, 4.69) is 21.1 Å². The van der Waals surface area contributed by atoms with Crippen molar-refractivity contribution in [3.05, 3.63) is 28.0 Å². The molecule has 100 valence electrons. The summed E-state index contributed by atoms with van der Waals surface area (Å²) >= 11 is 4.83. The van der Waals surface area contributed by atoms with Gasteiger partial charge >= 0.3 is 0 Å². The number of oxime groups is 1. The Morgan fingerprint density at radius 1 is 1.61 bits per heavy atom. The Hall–Kier alpha value is -0.950. The molecule has 4 nitrogen and oxygen atoms in total. The topological polar surface area (TPSA) is 61.8 Å². The van der Waals surface area contributed by atoms with Crippen LogP contribution >= 0.6 is 27.7 Å². The zero-order valence-electron chi connectivity index (χ0n) is 10.2. The summed E-state index contributed by atoms with van der Waals surface area (Å²) in [4.78, 5) is 1.83. The Morgan fingerprint density at radius 2 is 2.28 bits per heavy atom. The summed E-state index contributed by atoms with van der Waals surface area (Å²) in [6.45, 7) is 0.743. The first-order valence-corrected chi connectivity index (χ1v) is 7.37. The van der Waals surface area contributed by atoms with E-state index in [-0.39, 0.29) is 10.3 Å². The second-order valence-electron chi connectivity index (χ2n) is 3.66. The van der Waals surface area contributed by atoms with Gasteiger partial charge in [0.2, 0.25) is 0 Å². The van der Waals surface area contributed by atoms with Crippen LogP contribution in [0, 0.1) is 5.82 Å². The van der Waals surface area contributed by atoms with Gasteiger partial charge in [-0.2, -0.15) is 11.8 Å². The van der Waals surface area contributed by atoms with Crippen molar-refractivity contribution < 1.29 is 9.60 Å².